The molecule has 0 aromatic heterocycles. The standard InChI is InChI=1S/C24H21ClN4O2/c25-18-6-4-5-17(15-18)13-14-26-22-16-23(30)29(24(22)31)21-11-9-20(10-12-21)28-27-19-7-2-1-3-8-19/h1-12,15,22,26H,13-14,16H2. The summed E-state index contributed by atoms with van der Waals surface area (Å²) in [5, 5.41) is 12.2. The maximum absolute atomic E-state index is 12.8. The van der Waals surface area contributed by atoms with Crippen LogP contribution < -0.4 is 10.2 Å². The second kappa shape index (κ2) is 9.64. The molecule has 1 aliphatic rings. The maximum Gasteiger partial charge on any atom is 0.251 e. The van der Waals surface area contributed by atoms with Crippen LogP contribution in [0.25, 0.3) is 0 Å². The number of amides is 2. The predicted octanol–water partition coefficient (Wildman–Crippen LogP) is 5.22. The van der Waals surface area contributed by atoms with Crippen LogP contribution in [-0.2, 0) is 16.0 Å². The Kier molecular flexibility index (Phi) is 6.50. The second-order valence-electron chi connectivity index (χ2n) is 7.21. The van der Waals surface area contributed by atoms with Gasteiger partial charge < -0.3 is 5.32 Å². The van der Waals surface area contributed by atoms with Crippen LogP contribution in [0.5, 0.6) is 0 Å². The monoisotopic (exact) mass is 432 g/mol. The number of carbonyl (C=O) groups is 2. The minimum Gasteiger partial charge on any atom is -0.305 e. The molecule has 2 amide bonds. The zero-order valence-corrected chi connectivity index (χ0v) is 17.5. The van der Waals surface area contributed by atoms with Gasteiger partial charge in [-0.3, -0.25) is 9.59 Å². The molecule has 0 spiro atoms. The molecule has 1 N–H and O–H groups in total. The Morgan fingerprint density at radius 1 is 0.903 bits per heavy atom. The van der Waals surface area contributed by atoms with E-state index in [1.54, 1.807) is 24.3 Å². The van der Waals surface area contributed by atoms with Gasteiger partial charge in [0.05, 0.1) is 29.5 Å². The molecule has 6 nitrogen and oxygen atoms in total. The van der Waals surface area contributed by atoms with Crippen LogP contribution in [0.2, 0.25) is 5.02 Å². The number of halogens is 1. The van der Waals surface area contributed by atoms with E-state index in [0.717, 1.165) is 17.7 Å². The van der Waals surface area contributed by atoms with E-state index in [1.165, 1.54) is 4.90 Å². The number of carbonyl (C=O) groups excluding carboxylic acids is 2. The third-order valence-electron chi connectivity index (χ3n) is 4.99. The maximum atomic E-state index is 12.8. The van der Waals surface area contributed by atoms with Crippen LogP contribution in [0.1, 0.15) is 12.0 Å². The van der Waals surface area contributed by atoms with Gasteiger partial charge in [0.15, 0.2) is 0 Å². The molecule has 3 aromatic rings. The largest absolute Gasteiger partial charge is 0.305 e. The molecule has 3 aromatic carbocycles. The molecule has 0 radical (unpaired) electrons. The summed E-state index contributed by atoms with van der Waals surface area (Å²) in [6.45, 7) is 0.580. The number of hydrogen-bond acceptors (Lipinski definition) is 5. The van der Waals surface area contributed by atoms with Crippen molar-refractivity contribution in [1.82, 2.24) is 5.32 Å². The average Bonchev–Trinajstić information content (AvgIpc) is 3.06. The van der Waals surface area contributed by atoms with Gasteiger partial charge >= 0.3 is 0 Å². The molecule has 156 valence electrons. The van der Waals surface area contributed by atoms with Crippen molar-refractivity contribution in [2.75, 3.05) is 11.4 Å². The predicted molar refractivity (Wildman–Crippen MR) is 121 cm³/mol. The first-order valence-corrected chi connectivity index (χ1v) is 10.4. The van der Waals surface area contributed by atoms with Crippen molar-refractivity contribution < 1.29 is 9.59 Å². The topological polar surface area (TPSA) is 74.1 Å². The van der Waals surface area contributed by atoms with E-state index in [0.29, 0.717) is 22.9 Å². The van der Waals surface area contributed by atoms with Crippen molar-refractivity contribution in [3.63, 3.8) is 0 Å². The lowest BCUT2D eigenvalue weighted by atomic mass is 10.1. The first kappa shape index (κ1) is 20.9. The second-order valence-corrected chi connectivity index (χ2v) is 7.65. The van der Waals surface area contributed by atoms with E-state index in [2.05, 4.69) is 15.5 Å². The number of nitrogens with zero attached hydrogens (tertiary/aromatic N) is 3. The summed E-state index contributed by atoms with van der Waals surface area (Å²) in [7, 11) is 0. The molecule has 1 saturated heterocycles. The van der Waals surface area contributed by atoms with Crippen LogP contribution in [0.15, 0.2) is 89.1 Å². The fourth-order valence-electron chi connectivity index (χ4n) is 3.42. The van der Waals surface area contributed by atoms with Gasteiger partial charge in [-0.05, 0) is 67.1 Å². The first-order chi connectivity index (χ1) is 15.1. The highest BCUT2D eigenvalue weighted by Crippen LogP contribution is 2.26. The summed E-state index contributed by atoms with van der Waals surface area (Å²) in [5.74, 6) is -0.460. The molecule has 7 heteroatoms. The van der Waals surface area contributed by atoms with Crippen molar-refractivity contribution >= 4 is 40.5 Å². The number of azo groups is 1. The smallest absolute Gasteiger partial charge is 0.251 e. The minimum atomic E-state index is -0.524. The molecule has 0 saturated carbocycles. The molecule has 4 rings (SSSR count). The number of imide groups is 1. The van der Waals surface area contributed by atoms with E-state index in [4.69, 9.17) is 11.6 Å². The Labute approximate surface area is 185 Å². The molecule has 1 fully saturated rings. The summed E-state index contributed by atoms with van der Waals surface area (Å²) in [5.41, 5.74) is 3.01. The van der Waals surface area contributed by atoms with Gasteiger partial charge in [0.2, 0.25) is 5.91 Å². The van der Waals surface area contributed by atoms with Crippen molar-refractivity contribution in [2.24, 2.45) is 10.2 Å². The molecule has 0 bridgehead atoms. The quantitative estimate of drug-likeness (QED) is 0.411. The van der Waals surface area contributed by atoms with Crippen molar-refractivity contribution in [3.05, 3.63) is 89.4 Å². The SMILES string of the molecule is O=C1CC(NCCc2cccc(Cl)c2)C(=O)N1c1ccc(N=Nc2ccccc2)cc1. The number of benzene rings is 3. The van der Waals surface area contributed by atoms with Gasteiger partial charge in [-0.15, -0.1) is 0 Å². The highest BCUT2D eigenvalue weighted by Gasteiger charge is 2.39. The van der Waals surface area contributed by atoms with Gasteiger partial charge in [-0.2, -0.15) is 10.2 Å². The molecule has 1 heterocycles. The van der Waals surface area contributed by atoms with Crippen molar-refractivity contribution in [2.45, 2.75) is 18.9 Å². The van der Waals surface area contributed by atoms with E-state index in [9.17, 15) is 9.59 Å². The summed E-state index contributed by atoms with van der Waals surface area (Å²) in [6, 6.07) is 23.4. The number of rotatable bonds is 7. The molecule has 1 unspecified atom stereocenters. The Morgan fingerprint density at radius 2 is 1.61 bits per heavy atom. The molecular formula is C24H21ClN4O2. The Balaban J connectivity index is 1.36. The number of hydrogen-bond donors (Lipinski definition) is 1. The van der Waals surface area contributed by atoms with Gasteiger partial charge in [0, 0.05) is 5.02 Å². The molecule has 1 atom stereocenters. The van der Waals surface area contributed by atoms with Crippen LogP contribution in [0, 0.1) is 0 Å². The van der Waals surface area contributed by atoms with Crippen LogP contribution in [0.4, 0.5) is 17.1 Å². The zero-order valence-electron chi connectivity index (χ0n) is 16.7. The first-order valence-electron chi connectivity index (χ1n) is 10.0. The normalized spacial score (nSPS) is 16.4. The fourth-order valence-corrected chi connectivity index (χ4v) is 3.64. The summed E-state index contributed by atoms with van der Waals surface area (Å²) >= 11 is 6.00. The third kappa shape index (κ3) is 5.23. The van der Waals surface area contributed by atoms with Gasteiger partial charge in [0.25, 0.3) is 5.91 Å². The summed E-state index contributed by atoms with van der Waals surface area (Å²) in [6.07, 6.45) is 0.865. The Hall–Kier alpha value is -3.35. The molecule has 1 aliphatic heterocycles. The average molecular weight is 433 g/mol. The van der Waals surface area contributed by atoms with E-state index >= 15 is 0 Å². The lowest BCUT2D eigenvalue weighted by Gasteiger charge is -2.15. The highest BCUT2D eigenvalue weighted by molar-refractivity contribution is 6.30. The van der Waals surface area contributed by atoms with Gasteiger partial charge in [-0.1, -0.05) is 41.9 Å². The lowest BCUT2D eigenvalue weighted by Crippen LogP contribution is -2.39. The van der Waals surface area contributed by atoms with Crippen LogP contribution >= 0.6 is 11.6 Å². The molecular weight excluding hydrogens is 412 g/mol. The number of nitrogens with one attached hydrogen (secondary N) is 1. The lowest BCUT2D eigenvalue weighted by molar-refractivity contribution is -0.121. The molecule has 0 aliphatic carbocycles. The number of anilines is 1. The van der Waals surface area contributed by atoms with Crippen molar-refractivity contribution in [3.8, 4) is 0 Å². The Bertz CT molecular complexity index is 1100. The van der Waals surface area contributed by atoms with E-state index in [-0.39, 0.29) is 18.2 Å². The van der Waals surface area contributed by atoms with Gasteiger partial charge in [0.1, 0.15) is 0 Å². The van der Waals surface area contributed by atoms with Crippen LogP contribution in [0.3, 0.4) is 0 Å². The third-order valence-corrected chi connectivity index (χ3v) is 5.22. The van der Waals surface area contributed by atoms with E-state index in [1.807, 2.05) is 54.6 Å². The summed E-state index contributed by atoms with van der Waals surface area (Å²) < 4.78 is 0. The van der Waals surface area contributed by atoms with E-state index < -0.39 is 6.04 Å². The fraction of sp³-hybridized carbons (Fsp3) is 0.167. The van der Waals surface area contributed by atoms with Crippen LogP contribution in [-0.4, -0.2) is 24.4 Å². The highest BCUT2D eigenvalue weighted by atomic mass is 35.5. The molecule has 31 heavy (non-hydrogen) atoms. The Morgan fingerprint density at radius 3 is 2.32 bits per heavy atom. The summed E-state index contributed by atoms with van der Waals surface area (Å²) in [4.78, 5) is 26.5. The minimum absolute atomic E-state index is 0.143. The zero-order chi connectivity index (χ0) is 21.6. The van der Waals surface area contributed by atoms with Crippen molar-refractivity contribution in [1.29, 1.82) is 0 Å². The van der Waals surface area contributed by atoms with Gasteiger partial charge in [-0.25, -0.2) is 4.90 Å².